The Morgan fingerprint density at radius 2 is 2.10 bits per heavy atom. The third-order valence-corrected chi connectivity index (χ3v) is 1.08. The van der Waals surface area contributed by atoms with E-state index in [1.807, 2.05) is 6.92 Å². The Balaban J connectivity index is 0. The Morgan fingerprint density at radius 1 is 1.50 bits per heavy atom. The Labute approximate surface area is 83.0 Å². The molecule has 0 fully saturated rings. The zero-order valence-corrected chi connectivity index (χ0v) is 8.55. The van der Waals surface area contributed by atoms with Crippen molar-refractivity contribution in [3.63, 3.8) is 0 Å². The van der Waals surface area contributed by atoms with E-state index in [4.69, 9.17) is 0 Å². The second-order valence-corrected chi connectivity index (χ2v) is 1.91. The van der Waals surface area contributed by atoms with Gasteiger partial charge in [0.15, 0.2) is 0 Å². The first-order valence-electron chi connectivity index (χ1n) is 3.14. The van der Waals surface area contributed by atoms with E-state index in [-0.39, 0.29) is 36.0 Å². The molecule has 0 aliphatic heterocycles. The molecular formula is C6H11NaO3. The summed E-state index contributed by atoms with van der Waals surface area (Å²) in [6.07, 6.45) is 3.05. The first-order valence-corrected chi connectivity index (χ1v) is 3.14. The van der Waals surface area contributed by atoms with Crippen molar-refractivity contribution in [3.8, 4) is 0 Å². The second-order valence-electron chi connectivity index (χ2n) is 1.91. The predicted molar refractivity (Wildman–Crippen MR) is 30.2 cm³/mol. The summed E-state index contributed by atoms with van der Waals surface area (Å²) >= 11 is 0. The van der Waals surface area contributed by atoms with E-state index < -0.39 is 5.97 Å². The van der Waals surface area contributed by atoms with Crippen LogP contribution in [0.5, 0.6) is 0 Å². The van der Waals surface area contributed by atoms with Gasteiger partial charge in [0.1, 0.15) is 0 Å². The van der Waals surface area contributed by atoms with Gasteiger partial charge in [-0.25, -0.2) is 0 Å². The van der Waals surface area contributed by atoms with Gasteiger partial charge in [0, 0.05) is 6.42 Å². The van der Waals surface area contributed by atoms with Gasteiger partial charge in [-0.2, -0.15) is 0 Å². The SMILES string of the molecule is CCCCCC(=O)O[O-].[Na+]. The Hall–Kier alpha value is 0.430. The predicted octanol–water partition coefficient (Wildman–Crippen LogP) is -2.61. The van der Waals surface area contributed by atoms with Crippen molar-refractivity contribution in [2.24, 2.45) is 0 Å². The maximum atomic E-state index is 10.2. The maximum Gasteiger partial charge on any atom is 1.00 e. The van der Waals surface area contributed by atoms with Gasteiger partial charge in [-0.3, -0.25) is 4.79 Å². The molecule has 0 heterocycles. The number of carbonyl (C=O) groups excluding carboxylic acids is 1. The van der Waals surface area contributed by atoms with E-state index in [0.717, 1.165) is 19.3 Å². The molecular weight excluding hydrogens is 143 g/mol. The summed E-state index contributed by atoms with van der Waals surface area (Å²) in [7, 11) is 0. The fourth-order valence-electron chi connectivity index (χ4n) is 0.561. The normalized spacial score (nSPS) is 8.20. The molecule has 3 nitrogen and oxygen atoms in total. The largest absolute Gasteiger partial charge is 1.00 e. The fourth-order valence-corrected chi connectivity index (χ4v) is 0.561. The minimum absolute atomic E-state index is 0. The van der Waals surface area contributed by atoms with Crippen LogP contribution < -0.4 is 34.8 Å². The summed E-state index contributed by atoms with van der Waals surface area (Å²) in [4.78, 5) is 13.4. The van der Waals surface area contributed by atoms with Crippen LogP contribution in [0.25, 0.3) is 0 Å². The summed E-state index contributed by atoms with van der Waals surface area (Å²) in [5, 5.41) is 9.37. The third kappa shape index (κ3) is 8.43. The fraction of sp³-hybridized carbons (Fsp3) is 0.833. The number of hydrogen-bond donors (Lipinski definition) is 0. The minimum Gasteiger partial charge on any atom is -0.662 e. The van der Waals surface area contributed by atoms with Crippen LogP contribution in [0.3, 0.4) is 0 Å². The van der Waals surface area contributed by atoms with Crippen LogP contribution in [0, 0.1) is 0 Å². The number of carbonyl (C=O) groups is 1. The minimum atomic E-state index is -0.650. The van der Waals surface area contributed by atoms with Gasteiger partial charge < -0.3 is 10.1 Å². The molecule has 0 unspecified atom stereocenters. The van der Waals surface area contributed by atoms with Gasteiger partial charge in [-0.05, 0) is 6.42 Å². The molecule has 0 bridgehead atoms. The molecule has 0 saturated carbocycles. The third-order valence-electron chi connectivity index (χ3n) is 1.08. The Bertz CT molecular complexity index is 85.1. The van der Waals surface area contributed by atoms with Crippen LogP contribution in [0.4, 0.5) is 0 Å². The van der Waals surface area contributed by atoms with E-state index in [0.29, 0.717) is 0 Å². The van der Waals surface area contributed by atoms with Crippen molar-refractivity contribution >= 4 is 5.97 Å². The van der Waals surface area contributed by atoms with Crippen molar-refractivity contribution in [3.05, 3.63) is 0 Å². The van der Waals surface area contributed by atoms with E-state index >= 15 is 0 Å². The Morgan fingerprint density at radius 3 is 2.50 bits per heavy atom. The van der Waals surface area contributed by atoms with E-state index in [9.17, 15) is 10.1 Å². The van der Waals surface area contributed by atoms with Crippen molar-refractivity contribution in [2.45, 2.75) is 32.6 Å². The zero-order chi connectivity index (χ0) is 7.11. The quantitative estimate of drug-likeness (QED) is 0.193. The van der Waals surface area contributed by atoms with Crippen LogP contribution in [0.2, 0.25) is 0 Å². The molecule has 0 rings (SSSR count). The molecule has 0 atom stereocenters. The van der Waals surface area contributed by atoms with Crippen molar-refractivity contribution in [1.82, 2.24) is 0 Å². The molecule has 0 aromatic rings. The molecule has 0 aliphatic rings. The average Bonchev–Trinajstić information content (AvgIpc) is 1.89. The van der Waals surface area contributed by atoms with Gasteiger partial charge in [-0.1, -0.05) is 19.8 Å². The number of rotatable bonds is 4. The van der Waals surface area contributed by atoms with Crippen molar-refractivity contribution < 1.29 is 44.5 Å². The summed E-state index contributed by atoms with van der Waals surface area (Å²) in [6, 6.07) is 0. The van der Waals surface area contributed by atoms with Crippen molar-refractivity contribution in [2.75, 3.05) is 0 Å². The summed E-state index contributed by atoms with van der Waals surface area (Å²) in [5.41, 5.74) is 0. The molecule has 0 aromatic carbocycles. The van der Waals surface area contributed by atoms with Gasteiger partial charge in [0.25, 0.3) is 5.97 Å². The van der Waals surface area contributed by atoms with Crippen molar-refractivity contribution in [1.29, 1.82) is 0 Å². The molecule has 0 aromatic heterocycles. The molecule has 0 N–H and O–H groups in total. The summed E-state index contributed by atoms with van der Waals surface area (Å²) in [5.74, 6) is -0.650. The molecule has 4 heteroatoms. The molecule has 10 heavy (non-hydrogen) atoms. The molecule has 0 radical (unpaired) electrons. The molecule has 0 saturated heterocycles. The molecule has 54 valence electrons. The van der Waals surface area contributed by atoms with E-state index in [1.165, 1.54) is 0 Å². The standard InChI is InChI=1S/C6H12O3.Na/c1-2-3-4-5-6(7)9-8;/h8H,2-5H2,1H3;/q;+1/p-1. The van der Waals surface area contributed by atoms with Crippen LogP contribution in [0.15, 0.2) is 0 Å². The van der Waals surface area contributed by atoms with Crippen LogP contribution in [0.1, 0.15) is 32.6 Å². The first-order chi connectivity index (χ1) is 4.31. The van der Waals surface area contributed by atoms with Gasteiger partial charge >= 0.3 is 29.6 Å². The summed E-state index contributed by atoms with van der Waals surface area (Å²) < 4.78 is 0. The first kappa shape index (κ1) is 13.1. The smallest absolute Gasteiger partial charge is 0.662 e. The molecule has 0 aliphatic carbocycles. The second kappa shape index (κ2) is 9.43. The zero-order valence-electron chi connectivity index (χ0n) is 6.55. The Kier molecular flexibility index (Phi) is 12.3. The topological polar surface area (TPSA) is 49.4 Å². The molecule has 0 amide bonds. The van der Waals surface area contributed by atoms with E-state index in [2.05, 4.69) is 4.89 Å². The maximum absolute atomic E-state index is 10.2. The van der Waals surface area contributed by atoms with E-state index in [1.54, 1.807) is 0 Å². The van der Waals surface area contributed by atoms with Gasteiger partial charge in [-0.15, -0.1) is 0 Å². The number of hydrogen-bond acceptors (Lipinski definition) is 3. The average molecular weight is 154 g/mol. The molecule has 0 spiro atoms. The van der Waals surface area contributed by atoms with Crippen LogP contribution in [-0.2, 0) is 9.68 Å². The van der Waals surface area contributed by atoms with Gasteiger partial charge in [0.2, 0.25) is 0 Å². The monoisotopic (exact) mass is 154 g/mol. The number of unbranched alkanes of at least 4 members (excludes halogenated alkanes) is 2. The van der Waals surface area contributed by atoms with Gasteiger partial charge in [0.05, 0.1) is 0 Å². The van der Waals surface area contributed by atoms with Crippen LogP contribution >= 0.6 is 0 Å². The summed E-state index contributed by atoms with van der Waals surface area (Å²) in [6.45, 7) is 2.03. The van der Waals surface area contributed by atoms with Crippen LogP contribution in [-0.4, -0.2) is 5.97 Å².